The zero-order valence-electron chi connectivity index (χ0n) is 11.1. The second-order valence-electron chi connectivity index (χ2n) is 5.00. The second kappa shape index (κ2) is 6.02. The Morgan fingerprint density at radius 3 is 2.78 bits per heavy atom. The van der Waals surface area contributed by atoms with Crippen LogP contribution in [0.15, 0.2) is 35.3 Å². The van der Waals surface area contributed by atoms with Crippen molar-refractivity contribution in [3.63, 3.8) is 0 Å². The summed E-state index contributed by atoms with van der Waals surface area (Å²) in [5.74, 6) is 1.07. The summed E-state index contributed by atoms with van der Waals surface area (Å²) < 4.78 is 0.222. The zero-order valence-corrected chi connectivity index (χ0v) is 12.8. The number of rotatable bonds is 4. The number of nitrogens with zero attached hydrogens (tertiary/aromatic N) is 1. The van der Waals surface area contributed by atoms with E-state index in [2.05, 4.69) is 60.7 Å². The van der Waals surface area contributed by atoms with Crippen LogP contribution in [0.1, 0.15) is 25.5 Å². The van der Waals surface area contributed by atoms with Crippen molar-refractivity contribution < 1.29 is 0 Å². The molecule has 1 aliphatic rings. The van der Waals surface area contributed by atoms with Gasteiger partial charge in [0.1, 0.15) is 0 Å². The highest BCUT2D eigenvalue weighted by Gasteiger charge is 2.22. The molecule has 1 aromatic rings. The molecule has 0 amide bonds. The molecule has 0 aromatic heterocycles. The zero-order chi connectivity index (χ0) is 13.0. The van der Waals surface area contributed by atoms with Crippen LogP contribution in [0.5, 0.6) is 0 Å². The van der Waals surface area contributed by atoms with E-state index in [4.69, 9.17) is 0 Å². The first kappa shape index (κ1) is 13.8. The highest BCUT2D eigenvalue weighted by Crippen LogP contribution is 2.27. The van der Waals surface area contributed by atoms with Crippen molar-refractivity contribution >= 4 is 28.7 Å². The van der Waals surface area contributed by atoms with Crippen molar-refractivity contribution in [2.24, 2.45) is 4.99 Å². The van der Waals surface area contributed by atoms with Gasteiger partial charge < -0.3 is 5.32 Å². The Hall–Kier alpha value is -0.610. The van der Waals surface area contributed by atoms with E-state index in [1.807, 2.05) is 23.5 Å². The maximum atomic E-state index is 4.69. The summed E-state index contributed by atoms with van der Waals surface area (Å²) in [6, 6.07) is 11.0. The van der Waals surface area contributed by atoms with Crippen LogP contribution in [0.4, 0.5) is 0 Å². The summed E-state index contributed by atoms with van der Waals surface area (Å²) in [5, 5.41) is 4.60. The lowest BCUT2D eigenvalue weighted by atomic mass is 10.1. The molecule has 0 spiro atoms. The Kier molecular flexibility index (Phi) is 4.62. The van der Waals surface area contributed by atoms with Crippen LogP contribution in [0.3, 0.4) is 0 Å². The number of hydrogen-bond acceptors (Lipinski definition) is 3. The van der Waals surface area contributed by atoms with E-state index < -0.39 is 0 Å². The monoisotopic (exact) mass is 280 g/mol. The number of nitrogens with one attached hydrogen (secondary N) is 1. The van der Waals surface area contributed by atoms with E-state index in [9.17, 15) is 0 Å². The van der Waals surface area contributed by atoms with Gasteiger partial charge in [0, 0.05) is 10.5 Å². The molecule has 0 bridgehead atoms. The topological polar surface area (TPSA) is 24.4 Å². The number of thioether (sulfide) groups is 2. The average molecular weight is 280 g/mol. The molecule has 18 heavy (non-hydrogen) atoms. The van der Waals surface area contributed by atoms with Gasteiger partial charge in [0.25, 0.3) is 0 Å². The highest BCUT2D eigenvalue weighted by atomic mass is 32.2. The summed E-state index contributed by atoms with van der Waals surface area (Å²) in [6.45, 7) is 5.33. The van der Waals surface area contributed by atoms with E-state index >= 15 is 0 Å². The van der Waals surface area contributed by atoms with Gasteiger partial charge in [-0.15, -0.1) is 0 Å². The van der Waals surface area contributed by atoms with Crippen LogP contribution < -0.4 is 5.32 Å². The van der Waals surface area contributed by atoms with Crippen molar-refractivity contribution in [1.82, 2.24) is 5.32 Å². The minimum atomic E-state index is 0.222. The van der Waals surface area contributed by atoms with Crippen molar-refractivity contribution in [2.45, 2.75) is 24.6 Å². The van der Waals surface area contributed by atoms with Gasteiger partial charge in [-0.1, -0.05) is 42.1 Å². The molecule has 1 heterocycles. The van der Waals surface area contributed by atoms with Gasteiger partial charge in [0.2, 0.25) is 0 Å². The Balaban J connectivity index is 1.95. The van der Waals surface area contributed by atoms with Crippen LogP contribution in [-0.4, -0.2) is 28.5 Å². The van der Waals surface area contributed by atoms with Crippen LogP contribution >= 0.6 is 23.5 Å². The lowest BCUT2D eigenvalue weighted by Gasteiger charge is -2.19. The Morgan fingerprint density at radius 1 is 1.39 bits per heavy atom. The molecule has 98 valence electrons. The van der Waals surface area contributed by atoms with Crippen LogP contribution in [0.25, 0.3) is 0 Å². The number of hydrogen-bond donors (Lipinski definition) is 1. The molecule has 0 radical (unpaired) electrons. The van der Waals surface area contributed by atoms with Crippen molar-refractivity contribution in [3.8, 4) is 0 Å². The minimum Gasteiger partial charge on any atom is -0.357 e. The first-order valence-corrected chi connectivity index (χ1v) is 8.36. The molecule has 1 fully saturated rings. The lowest BCUT2D eigenvalue weighted by Crippen LogP contribution is -2.23. The molecule has 1 aliphatic heterocycles. The predicted molar refractivity (Wildman–Crippen MR) is 84.7 cm³/mol. The Labute approximate surface area is 118 Å². The average Bonchev–Trinajstić information content (AvgIpc) is 2.86. The number of aliphatic imine (C=N–C) groups is 1. The van der Waals surface area contributed by atoms with Gasteiger partial charge in [0.05, 0.1) is 12.6 Å². The molecule has 1 N–H and O–H groups in total. The fourth-order valence-electron chi connectivity index (χ4n) is 1.68. The lowest BCUT2D eigenvalue weighted by molar-refractivity contribution is 0.712. The first-order chi connectivity index (χ1) is 8.61. The second-order valence-corrected chi connectivity index (χ2v) is 7.53. The van der Waals surface area contributed by atoms with Gasteiger partial charge in [-0.25, -0.2) is 0 Å². The van der Waals surface area contributed by atoms with Crippen LogP contribution in [-0.2, 0) is 0 Å². The quantitative estimate of drug-likeness (QED) is 0.912. The van der Waals surface area contributed by atoms with Crippen molar-refractivity contribution in [1.29, 1.82) is 0 Å². The van der Waals surface area contributed by atoms with Gasteiger partial charge >= 0.3 is 0 Å². The third-order valence-electron chi connectivity index (χ3n) is 3.04. The Bertz CT molecular complexity index is 415. The third kappa shape index (κ3) is 3.69. The Morgan fingerprint density at radius 2 is 2.11 bits per heavy atom. The maximum Gasteiger partial charge on any atom is 0.157 e. The molecule has 2 nitrogen and oxygen atoms in total. The molecular formula is C14H20N2S2. The van der Waals surface area contributed by atoms with Gasteiger partial charge in [-0.3, -0.25) is 4.99 Å². The minimum absolute atomic E-state index is 0.222. The summed E-state index contributed by atoms with van der Waals surface area (Å²) in [7, 11) is 0. The number of amidine groups is 1. The molecule has 1 saturated heterocycles. The van der Waals surface area contributed by atoms with Gasteiger partial charge in [-0.2, -0.15) is 11.8 Å². The van der Waals surface area contributed by atoms with E-state index in [-0.39, 0.29) is 4.75 Å². The van der Waals surface area contributed by atoms with Crippen LogP contribution in [0, 0.1) is 0 Å². The molecular weight excluding hydrogens is 260 g/mol. The molecule has 2 rings (SSSR count). The van der Waals surface area contributed by atoms with E-state index in [0.29, 0.717) is 6.04 Å². The van der Waals surface area contributed by atoms with E-state index in [0.717, 1.165) is 17.5 Å². The SMILES string of the molecule is CSC(C)(C)CN=C1NC(c2ccccc2)CS1. The molecule has 0 saturated carbocycles. The summed E-state index contributed by atoms with van der Waals surface area (Å²) >= 11 is 3.69. The van der Waals surface area contributed by atoms with E-state index in [1.54, 1.807) is 0 Å². The molecule has 1 atom stereocenters. The van der Waals surface area contributed by atoms with Gasteiger partial charge in [0.15, 0.2) is 5.17 Å². The normalized spacial score (nSPS) is 22.2. The fourth-order valence-corrected chi connectivity index (χ4v) is 2.85. The predicted octanol–water partition coefficient (Wildman–Crippen LogP) is 3.56. The summed E-state index contributed by atoms with van der Waals surface area (Å²) in [4.78, 5) is 4.69. The highest BCUT2D eigenvalue weighted by molar-refractivity contribution is 8.14. The summed E-state index contributed by atoms with van der Waals surface area (Å²) in [5.41, 5.74) is 1.35. The van der Waals surface area contributed by atoms with Crippen molar-refractivity contribution in [2.75, 3.05) is 18.6 Å². The molecule has 1 aromatic carbocycles. The standard InChI is InChI=1S/C14H20N2S2/c1-14(2,17-3)10-15-13-16-12(9-18-13)11-7-5-4-6-8-11/h4-8,12H,9-10H2,1-3H3,(H,15,16). The fraction of sp³-hybridized carbons (Fsp3) is 0.500. The summed E-state index contributed by atoms with van der Waals surface area (Å²) in [6.07, 6.45) is 2.14. The molecule has 0 aliphatic carbocycles. The molecule has 4 heteroatoms. The number of benzene rings is 1. The smallest absolute Gasteiger partial charge is 0.157 e. The van der Waals surface area contributed by atoms with Crippen molar-refractivity contribution in [3.05, 3.63) is 35.9 Å². The first-order valence-electron chi connectivity index (χ1n) is 6.14. The molecule has 1 unspecified atom stereocenters. The largest absolute Gasteiger partial charge is 0.357 e. The third-order valence-corrected chi connectivity index (χ3v) is 5.30. The van der Waals surface area contributed by atoms with Crippen LogP contribution in [0.2, 0.25) is 0 Å². The van der Waals surface area contributed by atoms with Gasteiger partial charge in [-0.05, 0) is 25.7 Å². The maximum absolute atomic E-state index is 4.69. The van der Waals surface area contributed by atoms with E-state index in [1.165, 1.54) is 5.56 Å².